The Kier molecular flexibility index (Phi) is 2.74. The van der Waals surface area contributed by atoms with Crippen molar-refractivity contribution in [3.05, 3.63) is 10.4 Å². The summed E-state index contributed by atoms with van der Waals surface area (Å²) in [4.78, 5) is 1.37. The summed E-state index contributed by atoms with van der Waals surface area (Å²) in [5.41, 5.74) is 1.43. The van der Waals surface area contributed by atoms with Gasteiger partial charge in [0.1, 0.15) is 5.03 Å². The number of hydrogen-bond acceptors (Lipinski definition) is 3. The number of rotatable bonds is 2. The first-order valence-corrected chi connectivity index (χ1v) is 5.28. The zero-order valence-corrected chi connectivity index (χ0v) is 8.10. The second-order valence-electron chi connectivity index (χ2n) is 2.08. The molecule has 1 nitrogen and oxygen atoms in total. The van der Waals surface area contributed by atoms with Gasteiger partial charge >= 0.3 is 0 Å². The molecule has 0 saturated carbocycles. The molecule has 0 fully saturated rings. The van der Waals surface area contributed by atoms with Crippen LogP contribution in [0.25, 0.3) is 0 Å². The van der Waals surface area contributed by atoms with Crippen LogP contribution in [0.1, 0.15) is 17.4 Å². The zero-order chi connectivity index (χ0) is 7.56. The molecule has 0 atom stereocenters. The van der Waals surface area contributed by atoms with E-state index in [9.17, 15) is 0 Å². The van der Waals surface area contributed by atoms with Crippen molar-refractivity contribution in [3.63, 3.8) is 0 Å². The maximum absolute atomic E-state index is 4.31. The second kappa shape index (κ2) is 3.39. The van der Waals surface area contributed by atoms with Crippen LogP contribution in [0.3, 0.4) is 0 Å². The fraction of sp³-hybridized carbons (Fsp3) is 0.571. The van der Waals surface area contributed by atoms with Crippen LogP contribution in [-0.2, 0) is 6.42 Å². The molecule has 0 aromatic carbocycles. The first-order chi connectivity index (χ1) is 4.79. The van der Waals surface area contributed by atoms with Gasteiger partial charge in [-0.15, -0.1) is 11.8 Å². The summed E-state index contributed by atoms with van der Waals surface area (Å²) in [6.07, 6.45) is 3.19. The average Bonchev–Trinajstić information content (AvgIpc) is 2.30. The van der Waals surface area contributed by atoms with Crippen molar-refractivity contribution in [2.45, 2.75) is 25.3 Å². The van der Waals surface area contributed by atoms with Gasteiger partial charge in [-0.1, -0.05) is 6.92 Å². The van der Waals surface area contributed by atoms with Crippen molar-refractivity contribution in [2.24, 2.45) is 0 Å². The molecule has 0 aliphatic heterocycles. The molecule has 1 rings (SSSR count). The molecule has 0 amide bonds. The van der Waals surface area contributed by atoms with E-state index in [1.165, 1.54) is 15.5 Å². The van der Waals surface area contributed by atoms with Gasteiger partial charge in [-0.25, -0.2) is 0 Å². The molecule has 0 aliphatic rings. The van der Waals surface area contributed by atoms with Crippen molar-refractivity contribution >= 4 is 23.3 Å². The number of thioether (sulfide) groups is 1. The summed E-state index contributed by atoms with van der Waals surface area (Å²) in [7, 11) is 0. The third-order valence-electron chi connectivity index (χ3n) is 1.50. The van der Waals surface area contributed by atoms with Gasteiger partial charge in [0.05, 0.1) is 0 Å². The van der Waals surface area contributed by atoms with Crippen LogP contribution in [0.4, 0.5) is 0 Å². The maximum Gasteiger partial charge on any atom is 0.113 e. The van der Waals surface area contributed by atoms with E-state index in [1.54, 1.807) is 23.3 Å². The van der Waals surface area contributed by atoms with Crippen LogP contribution in [0, 0.1) is 6.92 Å². The van der Waals surface area contributed by atoms with E-state index < -0.39 is 0 Å². The number of nitrogens with zero attached hydrogens (tertiary/aromatic N) is 1. The number of aromatic nitrogens is 1. The Morgan fingerprint density at radius 1 is 1.60 bits per heavy atom. The summed E-state index contributed by atoms with van der Waals surface area (Å²) in [6, 6.07) is 0. The van der Waals surface area contributed by atoms with Crippen LogP contribution in [0.2, 0.25) is 0 Å². The molecule has 3 heteroatoms. The highest BCUT2D eigenvalue weighted by molar-refractivity contribution is 7.98. The summed E-state index contributed by atoms with van der Waals surface area (Å²) < 4.78 is 4.31. The summed E-state index contributed by atoms with van der Waals surface area (Å²) in [6.45, 7) is 4.31. The molecule has 0 radical (unpaired) electrons. The highest BCUT2D eigenvalue weighted by atomic mass is 32.2. The Morgan fingerprint density at radius 3 is 2.70 bits per heavy atom. The standard InChI is InChI=1S/C7H11NS2/c1-4-6-5(2)10-8-7(6)9-3/h4H2,1-3H3. The number of aryl methyl sites for hydroxylation is 1. The van der Waals surface area contributed by atoms with Crippen molar-refractivity contribution in [1.29, 1.82) is 0 Å². The van der Waals surface area contributed by atoms with Crippen LogP contribution >= 0.6 is 23.3 Å². The van der Waals surface area contributed by atoms with E-state index in [1.807, 2.05) is 0 Å². The normalized spacial score (nSPS) is 10.3. The zero-order valence-electron chi connectivity index (χ0n) is 6.47. The molecule has 0 spiro atoms. The molecule has 1 heterocycles. The van der Waals surface area contributed by atoms with Crippen LogP contribution in [0.15, 0.2) is 5.03 Å². The van der Waals surface area contributed by atoms with Crippen molar-refractivity contribution in [1.82, 2.24) is 4.37 Å². The van der Waals surface area contributed by atoms with E-state index >= 15 is 0 Å². The van der Waals surface area contributed by atoms with Crippen LogP contribution < -0.4 is 0 Å². The van der Waals surface area contributed by atoms with E-state index in [4.69, 9.17) is 0 Å². The van der Waals surface area contributed by atoms with Gasteiger partial charge < -0.3 is 0 Å². The average molecular weight is 173 g/mol. The maximum atomic E-state index is 4.31. The van der Waals surface area contributed by atoms with Gasteiger partial charge in [-0.2, -0.15) is 4.37 Å². The van der Waals surface area contributed by atoms with Gasteiger partial charge in [0.2, 0.25) is 0 Å². The third kappa shape index (κ3) is 1.35. The molecule has 0 N–H and O–H groups in total. The molecule has 1 aromatic rings. The molecular weight excluding hydrogens is 162 g/mol. The van der Waals surface area contributed by atoms with Gasteiger partial charge in [-0.05, 0) is 36.7 Å². The SMILES string of the molecule is CCc1c(SC)nsc1C. The number of hydrogen-bond donors (Lipinski definition) is 0. The van der Waals surface area contributed by atoms with E-state index in [-0.39, 0.29) is 0 Å². The predicted octanol–water partition coefficient (Wildman–Crippen LogP) is 2.74. The Morgan fingerprint density at radius 2 is 2.30 bits per heavy atom. The lowest BCUT2D eigenvalue weighted by atomic mass is 10.2. The minimum absolute atomic E-state index is 1.11. The minimum Gasteiger partial charge on any atom is -0.186 e. The molecule has 10 heavy (non-hydrogen) atoms. The summed E-state index contributed by atoms with van der Waals surface area (Å²) in [5.74, 6) is 0. The Balaban J connectivity index is 3.01. The fourth-order valence-corrected chi connectivity index (χ4v) is 2.63. The summed E-state index contributed by atoms with van der Waals surface area (Å²) >= 11 is 3.35. The van der Waals surface area contributed by atoms with Gasteiger partial charge in [-0.3, -0.25) is 0 Å². The van der Waals surface area contributed by atoms with E-state index in [2.05, 4.69) is 24.5 Å². The quantitative estimate of drug-likeness (QED) is 0.638. The lowest BCUT2D eigenvalue weighted by Gasteiger charge is -1.94. The third-order valence-corrected chi connectivity index (χ3v) is 3.13. The van der Waals surface area contributed by atoms with Gasteiger partial charge in [0, 0.05) is 4.88 Å². The minimum atomic E-state index is 1.11. The second-order valence-corrected chi connectivity index (χ2v) is 3.85. The lowest BCUT2D eigenvalue weighted by molar-refractivity contribution is 1.05. The van der Waals surface area contributed by atoms with E-state index in [0.717, 1.165) is 6.42 Å². The van der Waals surface area contributed by atoms with Crippen LogP contribution in [-0.4, -0.2) is 10.6 Å². The predicted molar refractivity (Wildman–Crippen MR) is 48.0 cm³/mol. The summed E-state index contributed by atoms with van der Waals surface area (Å²) in [5, 5.41) is 1.21. The fourth-order valence-electron chi connectivity index (χ4n) is 0.931. The largest absolute Gasteiger partial charge is 0.186 e. The molecule has 0 saturated heterocycles. The van der Waals surface area contributed by atoms with Crippen molar-refractivity contribution in [3.8, 4) is 0 Å². The molecular formula is C7H11NS2. The molecule has 0 unspecified atom stereocenters. The molecule has 0 bridgehead atoms. The topological polar surface area (TPSA) is 12.9 Å². The van der Waals surface area contributed by atoms with Crippen molar-refractivity contribution < 1.29 is 0 Å². The molecule has 56 valence electrons. The monoisotopic (exact) mass is 173 g/mol. The van der Waals surface area contributed by atoms with Crippen LogP contribution in [0.5, 0.6) is 0 Å². The Bertz CT molecular complexity index is 217. The first kappa shape index (κ1) is 8.08. The molecule has 1 aromatic heterocycles. The van der Waals surface area contributed by atoms with Gasteiger partial charge in [0.25, 0.3) is 0 Å². The first-order valence-electron chi connectivity index (χ1n) is 3.28. The molecule has 0 aliphatic carbocycles. The van der Waals surface area contributed by atoms with Crippen molar-refractivity contribution in [2.75, 3.05) is 6.26 Å². The Labute approximate surface area is 70.0 Å². The highest BCUT2D eigenvalue weighted by Crippen LogP contribution is 2.25. The highest BCUT2D eigenvalue weighted by Gasteiger charge is 2.05. The Hall–Kier alpha value is -0.0200. The van der Waals surface area contributed by atoms with E-state index in [0.29, 0.717) is 0 Å². The van der Waals surface area contributed by atoms with Gasteiger partial charge in [0.15, 0.2) is 0 Å². The smallest absolute Gasteiger partial charge is 0.113 e. The lowest BCUT2D eigenvalue weighted by Crippen LogP contribution is -1.81.